The van der Waals surface area contributed by atoms with Gasteiger partial charge < -0.3 is 4.74 Å². The standard InChI is InChI=1S/C13H16O2/c1-15-13(14)9-10-5-7-12(8-6-10)11-3-2-4-11/h5-8,11H,2-4,9H2,1H3. The Morgan fingerprint density at radius 2 is 2.00 bits per heavy atom. The van der Waals surface area contributed by atoms with Crippen molar-refractivity contribution < 1.29 is 9.53 Å². The van der Waals surface area contributed by atoms with Gasteiger partial charge in [0.2, 0.25) is 0 Å². The Kier molecular flexibility index (Phi) is 3.05. The molecule has 1 aromatic rings. The first-order valence-electron chi connectivity index (χ1n) is 5.45. The maximum atomic E-state index is 11.0. The van der Waals surface area contributed by atoms with Crippen LogP contribution < -0.4 is 0 Å². The lowest BCUT2D eigenvalue weighted by Crippen LogP contribution is -2.09. The second kappa shape index (κ2) is 4.47. The number of ether oxygens (including phenoxy) is 1. The van der Waals surface area contributed by atoms with Gasteiger partial charge in [0, 0.05) is 0 Å². The summed E-state index contributed by atoms with van der Waals surface area (Å²) in [6.07, 6.45) is 4.36. The van der Waals surface area contributed by atoms with E-state index >= 15 is 0 Å². The summed E-state index contributed by atoms with van der Waals surface area (Å²) in [5.41, 5.74) is 2.44. The molecule has 0 radical (unpaired) electrons. The average Bonchev–Trinajstić information content (AvgIpc) is 2.18. The topological polar surface area (TPSA) is 26.3 Å². The molecule has 2 rings (SSSR count). The van der Waals surface area contributed by atoms with Gasteiger partial charge >= 0.3 is 5.97 Å². The molecular formula is C13H16O2. The van der Waals surface area contributed by atoms with Crippen LogP contribution in [0.25, 0.3) is 0 Å². The highest BCUT2D eigenvalue weighted by Crippen LogP contribution is 2.36. The Morgan fingerprint density at radius 1 is 1.33 bits per heavy atom. The molecule has 0 amide bonds. The van der Waals surface area contributed by atoms with Gasteiger partial charge in [0.1, 0.15) is 0 Å². The molecule has 2 nitrogen and oxygen atoms in total. The van der Waals surface area contributed by atoms with Gasteiger partial charge in [0.25, 0.3) is 0 Å². The number of hydrogen-bond acceptors (Lipinski definition) is 2. The van der Waals surface area contributed by atoms with Crippen molar-refractivity contribution in [1.29, 1.82) is 0 Å². The molecule has 15 heavy (non-hydrogen) atoms. The lowest BCUT2D eigenvalue weighted by atomic mass is 9.80. The summed E-state index contributed by atoms with van der Waals surface area (Å²) in [5, 5.41) is 0. The van der Waals surface area contributed by atoms with Gasteiger partial charge in [-0.05, 0) is 29.9 Å². The highest BCUT2D eigenvalue weighted by Gasteiger charge is 2.18. The van der Waals surface area contributed by atoms with Crippen LogP contribution in [0.2, 0.25) is 0 Å². The van der Waals surface area contributed by atoms with Crippen LogP contribution in [0.15, 0.2) is 24.3 Å². The average molecular weight is 204 g/mol. The molecule has 2 heteroatoms. The lowest BCUT2D eigenvalue weighted by molar-refractivity contribution is -0.139. The molecule has 1 aliphatic rings. The van der Waals surface area contributed by atoms with Crippen molar-refractivity contribution in [3.05, 3.63) is 35.4 Å². The van der Waals surface area contributed by atoms with Crippen molar-refractivity contribution in [3.63, 3.8) is 0 Å². The first kappa shape index (κ1) is 10.2. The van der Waals surface area contributed by atoms with E-state index in [4.69, 9.17) is 0 Å². The van der Waals surface area contributed by atoms with E-state index in [9.17, 15) is 4.79 Å². The van der Waals surface area contributed by atoms with Crippen LogP contribution in [0.4, 0.5) is 0 Å². The molecule has 0 unspecified atom stereocenters. The number of methoxy groups -OCH3 is 1. The van der Waals surface area contributed by atoms with Gasteiger partial charge in [0.05, 0.1) is 13.5 Å². The molecule has 1 aliphatic carbocycles. The minimum absolute atomic E-state index is 0.175. The van der Waals surface area contributed by atoms with Crippen molar-refractivity contribution in [2.75, 3.05) is 7.11 Å². The van der Waals surface area contributed by atoms with Crippen molar-refractivity contribution in [2.45, 2.75) is 31.6 Å². The number of hydrogen-bond donors (Lipinski definition) is 0. The van der Waals surface area contributed by atoms with Crippen LogP contribution in [-0.2, 0) is 16.0 Å². The molecule has 0 atom stereocenters. The molecule has 0 spiro atoms. The van der Waals surface area contributed by atoms with E-state index < -0.39 is 0 Å². The summed E-state index contributed by atoms with van der Waals surface area (Å²) >= 11 is 0. The van der Waals surface area contributed by atoms with Crippen LogP contribution in [0.3, 0.4) is 0 Å². The van der Waals surface area contributed by atoms with Gasteiger partial charge in [-0.25, -0.2) is 0 Å². The van der Waals surface area contributed by atoms with E-state index in [0.717, 1.165) is 11.5 Å². The summed E-state index contributed by atoms with van der Waals surface area (Å²) in [6.45, 7) is 0. The maximum Gasteiger partial charge on any atom is 0.309 e. The fourth-order valence-corrected chi connectivity index (χ4v) is 1.89. The molecule has 0 bridgehead atoms. The molecular weight excluding hydrogens is 188 g/mol. The maximum absolute atomic E-state index is 11.0. The normalized spacial score (nSPS) is 15.8. The molecule has 1 aromatic carbocycles. The summed E-state index contributed by atoms with van der Waals surface area (Å²) in [4.78, 5) is 11.0. The largest absolute Gasteiger partial charge is 0.469 e. The van der Waals surface area contributed by atoms with Crippen LogP contribution >= 0.6 is 0 Å². The first-order chi connectivity index (χ1) is 7.29. The second-order valence-electron chi connectivity index (χ2n) is 4.12. The minimum Gasteiger partial charge on any atom is -0.469 e. The second-order valence-corrected chi connectivity index (χ2v) is 4.12. The van der Waals surface area contributed by atoms with Crippen LogP contribution in [0.1, 0.15) is 36.3 Å². The number of carbonyl (C=O) groups is 1. The molecule has 0 aromatic heterocycles. The third kappa shape index (κ3) is 2.38. The van der Waals surface area contributed by atoms with Gasteiger partial charge in [-0.1, -0.05) is 30.7 Å². The molecule has 0 aliphatic heterocycles. The number of carbonyl (C=O) groups excluding carboxylic acids is 1. The Morgan fingerprint density at radius 3 is 2.47 bits per heavy atom. The van der Waals surface area contributed by atoms with Crippen LogP contribution in [-0.4, -0.2) is 13.1 Å². The summed E-state index contributed by atoms with van der Waals surface area (Å²) < 4.78 is 4.63. The predicted molar refractivity (Wildman–Crippen MR) is 58.8 cm³/mol. The summed E-state index contributed by atoms with van der Waals surface area (Å²) in [7, 11) is 1.42. The Balaban J connectivity index is 2.00. The highest BCUT2D eigenvalue weighted by molar-refractivity contribution is 5.72. The zero-order chi connectivity index (χ0) is 10.7. The Bertz CT molecular complexity index is 336. The van der Waals surface area contributed by atoms with Crippen molar-refractivity contribution in [1.82, 2.24) is 0 Å². The SMILES string of the molecule is COC(=O)Cc1ccc(C2CCC2)cc1. The quantitative estimate of drug-likeness (QED) is 0.707. The van der Waals surface area contributed by atoms with E-state index in [0.29, 0.717) is 6.42 Å². The molecule has 0 N–H and O–H groups in total. The van der Waals surface area contributed by atoms with Gasteiger partial charge in [-0.15, -0.1) is 0 Å². The smallest absolute Gasteiger partial charge is 0.309 e. The number of esters is 1. The highest BCUT2D eigenvalue weighted by atomic mass is 16.5. The first-order valence-corrected chi connectivity index (χ1v) is 5.45. The third-order valence-electron chi connectivity index (χ3n) is 3.13. The summed E-state index contributed by atoms with van der Waals surface area (Å²) in [6, 6.07) is 8.35. The Labute approximate surface area is 90.3 Å². The molecule has 0 heterocycles. The van der Waals surface area contributed by atoms with Crippen molar-refractivity contribution in [3.8, 4) is 0 Å². The summed E-state index contributed by atoms with van der Waals surface area (Å²) in [5.74, 6) is 0.587. The fraction of sp³-hybridized carbons (Fsp3) is 0.462. The molecule has 1 fully saturated rings. The lowest BCUT2D eigenvalue weighted by Gasteiger charge is -2.25. The predicted octanol–water partition coefficient (Wildman–Crippen LogP) is 2.67. The van der Waals surface area contributed by atoms with Crippen LogP contribution in [0, 0.1) is 0 Å². The molecule has 1 saturated carbocycles. The van der Waals surface area contributed by atoms with Gasteiger partial charge in [-0.2, -0.15) is 0 Å². The number of benzene rings is 1. The molecule has 0 saturated heterocycles. The van der Waals surface area contributed by atoms with E-state index in [1.54, 1.807) is 0 Å². The van der Waals surface area contributed by atoms with E-state index in [-0.39, 0.29) is 5.97 Å². The number of rotatable bonds is 3. The Hall–Kier alpha value is -1.31. The minimum atomic E-state index is -0.175. The molecule has 80 valence electrons. The zero-order valence-electron chi connectivity index (χ0n) is 9.03. The van der Waals surface area contributed by atoms with E-state index in [2.05, 4.69) is 16.9 Å². The zero-order valence-corrected chi connectivity index (χ0v) is 9.03. The van der Waals surface area contributed by atoms with Crippen molar-refractivity contribution in [2.24, 2.45) is 0 Å². The monoisotopic (exact) mass is 204 g/mol. The van der Waals surface area contributed by atoms with Gasteiger partial charge in [0.15, 0.2) is 0 Å². The third-order valence-corrected chi connectivity index (χ3v) is 3.13. The van der Waals surface area contributed by atoms with E-state index in [1.165, 1.54) is 31.9 Å². The van der Waals surface area contributed by atoms with Crippen molar-refractivity contribution >= 4 is 5.97 Å². The van der Waals surface area contributed by atoms with Gasteiger partial charge in [-0.3, -0.25) is 4.79 Å². The van der Waals surface area contributed by atoms with Crippen LogP contribution in [0.5, 0.6) is 0 Å². The van der Waals surface area contributed by atoms with E-state index in [1.807, 2.05) is 12.1 Å². The fourth-order valence-electron chi connectivity index (χ4n) is 1.89.